The zero-order chi connectivity index (χ0) is 40.1. The van der Waals surface area contributed by atoms with Gasteiger partial charge in [-0.15, -0.1) is 0 Å². The van der Waals surface area contributed by atoms with Crippen molar-refractivity contribution in [1.29, 1.82) is 0 Å². The molecule has 3 aromatic carbocycles. The molecular formula is C40H37F3N6O7. The SMILES string of the molecule is CC(N)C(=O)N(C(=O)OCc1ccccc1)C(C)C(=O)NC1CCN(c2nc3c(-c4ccc(F)cc4F)cc(C(=O)OCc4ccccc4)c(=O)n3cc2F)C1. The van der Waals surface area contributed by atoms with Gasteiger partial charge in [0.05, 0.1) is 12.2 Å². The number of hydrogen-bond acceptors (Lipinski definition) is 10. The fourth-order valence-electron chi connectivity index (χ4n) is 6.22. The number of anilines is 1. The number of benzene rings is 3. The Labute approximate surface area is 318 Å². The molecule has 0 radical (unpaired) electrons. The lowest BCUT2D eigenvalue weighted by Crippen LogP contribution is -2.56. The van der Waals surface area contributed by atoms with Crippen molar-refractivity contribution in [3.8, 4) is 11.1 Å². The quantitative estimate of drug-likeness (QED) is 0.180. The molecule has 3 heterocycles. The molecule has 1 fully saturated rings. The van der Waals surface area contributed by atoms with E-state index in [-0.39, 0.29) is 55.3 Å². The van der Waals surface area contributed by atoms with Gasteiger partial charge in [0.25, 0.3) is 5.56 Å². The van der Waals surface area contributed by atoms with E-state index in [9.17, 15) is 28.4 Å². The molecule has 1 saturated heterocycles. The molecule has 3 atom stereocenters. The molecule has 3 unspecified atom stereocenters. The van der Waals surface area contributed by atoms with Gasteiger partial charge in [-0.3, -0.25) is 18.8 Å². The van der Waals surface area contributed by atoms with E-state index in [0.717, 1.165) is 28.8 Å². The van der Waals surface area contributed by atoms with Crippen LogP contribution >= 0.6 is 0 Å². The summed E-state index contributed by atoms with van der Waals surface area (Å²) in [7, 11) is 0. The summed E-state index contributed by atoms with van der Waals surface area (Å²) in [4.78, 5) is 72.8. The van der Waals surface area contributed by atoms with E-state index in [2.05, 4.69) is 10.3 Å². The molecule has 1 aliphatic heterocycles. The van der Waals surface area contributed by atoms with Gasteiger partial charge in [-0.1, -0.05) is 60.7 Å². The summed E-state index contributed by atoms with van der Waals surface area (Å²) in [6, 6.07) is 18.1. The molecule has 3 N–H and O–H groups in total. The summed E-state index contributed by atoms with van der Waals surface area (Å²) in [6.45, 7) is 2.54. The van der Waals surface area contributed by atoms with Gasteiger partial charge in [0.2, 0.25) is 11.8 Å². The first-order valence-corrected chi connectivity index (χ1v) is 17.6. The van der Waals surface area contributed by atoms with Crippen LogP contribution in [0.15, 0.2) is 95.9 Å². The molecule has 16 heteroatoms. The fourth-order valence-corrected chi connectivity index (χ4v) is 6.22. The molecule has 0 saturated carbocycles. The second kappa shape index (κ2) is 16.9. The monoisotopic (exact) mass is 770 g/mol. The summed E-state index contributed by atoms with van der Waals surface area (Å²) in [5.74, 6) is -5.73. The number of esters is 1. The highest BCUT2D eigenvalue weighted by atomic mass is 19.1. The van der Waals surface area contributed by atoms with Gasteiger partial charge in [-0.25, -0.2) is 32.6 Å². The molecule has 1 aliphatic rings. The number of hydrogen-bond donors (Lipinski definition) is 2. The first-order valence-electron chi connectivity index (χ1n) is 17.6. The van der Waals surface area contributed by atoms with Crippen molar-refractivity contribution >= 4 is 35.3 Å². The molecule has 0 bridgehead atoms. The average molecular weight is 771 g/mol. The summed E-state index contributed by atoms with van der Waals surface area (Å²) in [6.07, 6.45) is 0.0273. The van der Waals surface area contributed by atoms with E-state index in [1.807, 2.05) is 0 Å². The van der Waals surface area contributed by atoms with E-state index >= 15 is 8.78 Å². The average Bonchev–Trinajstić information content (AvgIpc) is 3.65. The van der Waals surface area contributed by atoms with E-state index < -0.39 is 70.6 Å². The zero-order valence-electron chi connectivity index (χ0n) is 30.3. The molecule has 6 rings (SSSR count). The highest BCUT2D eigenvalue weighted by molar-refractivity contribution is 6.00. The molecule has 0 spiro atoms. The van der Waals surface area contributed by atoms with Crippen LogP contribution in [0.5, 0.6) is 0 Å². The number of carbonyl (C=O) groups is 4. The second-order valence-electron chi connectivity index (χ2n) is 13.2. The minimum absolute atomic E-state index is 0.00656. The minimum atomic E-state index is -1.34. The van der Waals surface area contributed by atoms with Gasteiger partial charge in [0, 0.05) is 36.3 Å². The van der Waals surface area contributed by atoms with Crippen LogP contribution in [0.2, 0.25) is 0 Å². The van der Waals surface area contributed by atoms with Crippen LogP contribution in [-0.4, -0.2) is 69.4 Å². The van der Waals surface area contributed by atoms with Gasteiger partial charge in [-0.2, -0.15) is 0 Å². The molecule has 0 aliphatic carbocycles. The first kappa shape index (κ1) is 39.2. The van der Waals surface area contributed by atoms with Crippen LogP contribution < -0.4 is 21.5 Å². The number of ether oxygens (including phenoxy) is 2. The number of nitrogens with one attached hydrogen (secondary N) is 1. The van der Waals surface area contributed by atoms with Crippen molar-refractivity contribution in [2.45, 2.75) is 51.6 Å². The Morgan fingerprint density at radius 1 is 0.893 bits per heavy atom. The molecule has 5 aromatic rings. The van der Waals surface area contributed by atoms with Crippen LogP contribution in [0.3, 0.4) is 0 Å². The maximum Gasteiger partial charge on any atom is 0.417 e. The Morgan fingerprint density at radius 3 is 2.16 bits per heavy atom. The third-order valence-corrected chi connectivity index (χ3v) is 9.16. The zero-order valence-corrected chi connectivity index (χ0v) is 30.3. The van der Waals surface area contributed by atoms with Gasteiger partial charge < -0.3 is 25.4 Å². The molecule has 56 heavy (non-hydrogen) atoms. The fraction of sp³-hybridized carbons (Fsp3) is 0.250. The van der Waals surface area contributed by atoms with Crippen molar-refractivity contribution in [2.75, 3.05) is 18.0 Å². The van der Waals surface area contributed by atoms with E-state index in [4.69, 9.17) is 15.2 Å². The van der Waals surface area contributed by atoms with Crippen molar-refractivity contribution in [3.05, 3.63) is 136 Å². The number of carbonyl (C=O) groups excluding carboxylic acids is 4. The maximum atomic E-state index is 15.9. The summed E-state index contributed by atoms with van der Waals surface area (Å²) < 4.78 is 56.5. The number of halogens is 3. The van der Waals surface area contributed by atoms with Crippen LogP contribution in [-0.2, 0) is 32.3 Å². The standard InChI is InChI=1S/C40H37F3N6O7/c1-23(44)37(51)49(40(54)56-22-26-11-7-4-8-12-26)24(2)36(50)45-28-15-16-47(19-28)35-33(43)20-48-34(46-35)30(29-14-13-27(41)17-32(29)42)18-31(38(48)52)39(53)55-21-25-9-5-3-6-10-25/h3-14,17-18,20,23-24,28H,15-16,19,21-22,44H2,1-2H3,(H,45,50). The number of imide groups is 1. The highest BCUT2D eigenvalue weighted by Crippen LogP contribution is 2.30. The normalized spacial score (nSPS) is 14.9. The third-order valence-electron chi connectivity index (χ3n) is 9.16. The van der Waals surface area contributed by atoms with E-state index in [0.29, 0.717) is 22.1 Å². The van der Waals surface area contributed by atoms with Gasteiger partial charge in [0.15, 0.2) is 11.6 Å². The number of amides is 3. The summed E-state index contributed by atoms with van der Waals surface area (Å²) in [5.41, 5.74) is 4.98. The first-order chi connectivity index (χ1) is 26.8. The number of rotatable bonds is 11. The summed E-state index contributed by atoms with van der Waals surface area (Å²) >= 11 is 0. The van der Waals surface area contributed by atoms with Gasteiger partial charge in [0.1, 0.15) is 42.1 Å². The number of nitrogens with two attached hydrogens (primary N) is 1. The maximum absolute atomic E-state index is 15.9. The lowest BCUT2D eigenvalue weighted by atomic mass is 10.0. The van der Waals surface area contributed by atoms with Crippen molar-refractivity contribution in [3.63, 3.8) is 0 Å². The number of pyridine rings is 1. The van der Waals surface area contributed by atoms with Gasteiger partial charge in [-0.05, 0) is 49.6 Å². The number of nitrogens with zero attached hydrogens (tertiary/aromatic N) is 4. The third kappa shape index (κ3) is 8.55. The minimum Gasteiger partial charge on any atom is -0.457 e. The number of fused-ring (bicyclic) bond motifs is 1. The Morgan fingerprint density at radius 2 is 1.54 bits per heavy atom. The molecule has 290 valence electrons. The Hall–Kier alpha value is -6.55. The topological polar surface area (TPSA) is 166 Å². The van der Waals surface area contributed by atoms with Crippen LogP contribution in [0, 0.1) is 17.5 Å². The Bertz CT molecular complexity index is 2340. The number of aromatic nitrogens is 2. The van der Waals surface area contributed by atoms with E-state index in [1.54, 1.807) is 60.7 Å². The van der Waals surface area contributed by atoms with E-state index in [1.165, 1.54) is 18.7 Å². The highest BCUT2D eigenvalue weighted by Gasteiger charge is 2.36. The van der Waals surface area contributed by atoms with Crippen LogP contribution in [0.25, 0.3) is 16.8 Å². The lowest BCUT2D eigenvalue weighted by Gasteiger charge is -2.28. The lowest BCUT2D eigenvalue weighted by molar-refractivity contribution is -0.139. The Balaban J connectivity index is 1.24. The Kier molecular flexibility index (Phi) is 11.8. The van der Waals surface area contributed by atoms with Crippen molar-refractivity contribution in [2.24, 2.45) is 5.73 Å². The predicted octanol–water partition coefficient (Wildman–Crippen LogP) is 4.73. The molecular weight excluding hydrogens is 733 g/mol. The van der Waals surface area contributed by atoms with Crippen molar-refractivity contribution in [1.82, 2.24) is 19.6 Å². The predicted molar refractivity (Wildman–Crippen MR) is 198 cm³/mol. The summed E-state index contributed by atoms with van der Waals surface area (Å²) in [5, 5.41) is 2.78. The smallest absolute Gasteiger partial charge is 0.417 e. The van der Waals surface area contributed by atoms with Crippen molar-refractivity contribution < 1.29 is 41.8 Å². The largest absolute Gasteiger partial charge is 0.457 e. The van der Waals surface area contributed by atoms with Gasteiger partial charge >= 0.3 is 12.1 Å². The molecule has 3 amide bonds. The second-order valence-corrected chi connectivity index (χ2v) is 13.2. The van der Waals surface area contributed by atoms with Crippen LogP contribution in [0.1, 0.15) is 41.8 Å². The molecule has 2 aromatic heterocycles. The molecule has 13 nitrogen and oxygen atoms in total. The van der Waals surface area contributed by atoms with Crippen LogP contribution in [0.4, 0.5) is 23.8 Å².